The van der Waals surface area contributed by atoms with Crippen molar-refractivity contribution in [3.05, 3.63) is 47.5 Å². The van der Waals surface area contributed by atoms with Crippen molar-refractivity contribution >= 4 is 5.91 Å². The lowest BCUT2D eigenvalue weighted by Gasteiger charge is -2.49. The van der Waals surface area contributed by atoms with Crippen LogP contribution in [-0.2, 0) is 24.3 Å². The number of hydrogen-bond acceptors (Lipinski definition) is 5. The minimum atomic E-state index is -0.269. The Morgan fingerprint density at radius 1 is 1.32 bits per heavy atom. The van der Waals surface area contributed by atoms with Gasteiger partial charge in [0.2, 0.25) is 5.91 Å². The molecule has 150 valence electrons. The molecule has 2 bridgehead atoms. The van der Waals surface area contributed by atoms with Gasteiger partial charge in [0.05, 0.1) is 18.2 Å². The first-order chi connectivity index (χ1) is 13.6. The number of piperidine rings is 3. The lowest BCUT2D eigenvalue weighted by molar-refractivity contribution is -0.133. The maximum atomic E-state index is 13.0. The molecule has 0 aliphatic carbocycles. The van der Waals surface area contributed by atoms with Crippen molar-refractivity contribution in [1.29, 1.82) is 0 Å². The molecule has 3 fully saturated rings. The number of aromatic nitrogens is 3. The van der Waals surface area contributed by atoms with Gasteiger partial charge in [-0.2, -0.15) is 0 Å². The van der Waals surface area contributed by atoms with Gasteiger partial charge in [0, 0.05) is 38.4 Å². The second-order valence-electron chi connectivity index (χ2n) is 7.79. The van der Waals surface area contributed by atoms with Crippen LogP contribution in [-0.4, -0.2) is 56.6 Å². The zero-order valence-corrected chi connectivity index (χ0v) is 15.8. The van der Waals surface area contributed by atoms with Gasteiger partial charge in [-0.3, -0.25) is 14.4 Å². The predicted octanol–water partition coefficient (Wildman–Crippen LogP) is 0.979. The molecule has 2 aromatic rings. The Balaban J connectivity index is 1.31. The minimum Gasteiger partial charge on any atom is -0.396 e. The molecule has 0 saturated carbocycles. The van der Waals surface area contributed by atoms with Crippen molar-refractivity contribution in [2.45, 2.75) is 38.4 Å². The van der Waals surface area contributed by atoms with Gasteiger partial charge >= 0.3 is 0 Å². The molecule has 3 aliphatic heterocycles. The zero-order chi connectivity index (χ0) is 19.5. The molecule has 28 heavy (non-hydrogen) atoms. The molecule has 5 rings (SSSR count). The second kappa shape index (κ2) is 8.36. The van der Waals surface area contributed by atoms with Gasteiger partial charge in [0.25, 0.3) is 0 Å². The first-order valence-corrected chi connectivity index (χ1v) is 9.88. The number of rotatable bonds is 7. The van der Waals surface area contributed by atoms with E-state index in [0.717, 1.165) is 43.7 Å². The number of carbonyl (C=O) groups excluding carboxylic acids is 1. The van der Waals surface area contributed by atoms with Gasteiger partial charge in [-0.05, 0) is 43.0 Å². The standard InChI is InChI=1S/C20H26FN5O2/c21-16-3-1-14(2-4-16)10-22-20(28)19-13-25-7-5-15(19)9-18(25)12-26-11-17(6-8-27)23-24-26/h1-4,11,15,18-19,27H,5-10,12-13H2,(H,22,28). The molecule has 1 aromatic heterocycles. The lowest BCUT2D eigenvalue weighted by Crippen LogP contribution is -2.58. The average Bonchev–Trinajstić information content (AvgIpc) is 3.15. The van der Waals surface area contributed by atoms with E-state index in [1.54, 1.807) is 12.1 Å². The largest absolute Gasteiger partial charge is 0.396 e. The number of nitrogens with one attached hydrogen (secondary N) is 1. The van der Waals surface area contributed by atoms with Crippen molar-refractivity contribution in [3.63, 3.8) is 0 Å². The fourth-order valence-corrected chi connectivity index (χ4v) is 4.42. The van der Waals surface area contributed by atoms with Crippen molar-refractivity contribution in [1.82, 2.24) is 25.2 Å². The van der Waals surface area contributed by atoms with E-state index < -0.39 is 0 Å². The second-order valence-corrected chi connectivity index (χ2v) is 7.79. The van der Waals surface area contributed by atoms with Crippen molar-refractivity contribution in [3.8, 4) is 0 Å². The third kappa shape index (κ3) is 4.23. The van der Waals surface area contributed by atoms with Crippen LogP contribution in [0.3, 0.4) is 0 Å². The van der Waals surface area contributed by atoms with Gasteiger partial charge in [-0.1, -0.05) is 17.3 Å². The highest BCUT2D eigenvalue weighted by Gasteiger charge is 2.43. The van der Waals surface area contributed by atoms with Crippen molar-refractivity contribution in [2.75, 3.05) is 19.7 Å². The summed E-state index contributed by atoms with van der Waals surface area (Å²) in [7, 11) is 0. The fraction of sp³-hybridized carbons (Fsp3) is 0.550. The van der Waals surface area contributed by atoms with E-state index >= 15 is 0 Å². The Bertz CT molecular complexity index is 809. The van der Waals surface area contributed by atoms with Gasteiger partial charge in [0.15, 0.2) is 0 Å². The lowest BCUT2D eigenvalue weighted by atomic mass is 9.75. The van der Waals surface area contributed by atoms with E-state index in [1.165, 1.54) is 12.1 Å². The zero-order valence-electron chi connectivity index (χ0n) is 15.8. The summed E-state index contributed by atoms with van der Waals surface area (Å²) in [6.45, 7) is 3.04. The molecule has 4 unspecified atom stereocenters. The molecule has 3 saturated heterocycles. The van der Waals surface area contributed by atoms with E-state index in [1.807, 2.05) is 10.9 Å². The van der Waals surface area contributed by atoms with Gasteiger partial charge in [-0.15, -0.1) is 5.10 Å². The molecule has 4 heterocycles. The number of carbonyl (C=O) groups is 1. The van der Waals surface area contributed by atoms with Crippen LogP contribution in [0.2, 0.25) is 0 Å². The topological polar surface area (TPSA) is 83.3 Å². The molecule has 0 spiro atoms. The summed E-state index contributed by atoms with van der Waals surface area (Å²) in [6, 6.07) is 6.59. The molecular weight excluding hydrogens is 361 g/mol. The van der Waals surface area contributed by atoms with Crippen LogP contribution in [0, 0.1) is 17.7 Å². The molecule has 4 atom stereocenters. The first kappa shape index (κ1) is 19.0. The fourth-order valence-electron chi connectivity index (χ4n) is 4.42. The summed E-state index contributed by atoms with van der Waals surface area (Å²) in [5.41, 5.74) is 1.70. The highest BCUT2D eigenvalue weighted by Crippen LogP contribution is 2.37. The van der Waals surface area contributed by atoms with E-state index in [-0.39, 0.29) is 24.2 Å². The highest BCUT2D eigenvalue weighted by atomic mass is 19.1. The number of halogens is 1. The summed E-state index contributed by atoms with van der Waals surface area (Å²) in [5, 5.41) is 20.3. The number of aliphatic hydroxyl groups is 1. The van der Waals surface area contributed by atoms with Crippen molar-refractivity contribution < 1.29 is 14.3 Å². The normalized spacial score (nSPS) is 26.4. The monoisotopic (exact) mass is 387 g/mol. The molecule has 8 heteroatoms. The maximum Gasteiger partial charge on any atom is 0.224 e. The number of nitrogens with zero attached hydrogens (tertiary/aromatic N) is 4. The van der Waals surface area contributed by atoms with E-state index in [4.69, 9.17) is 5.11 Å². The van der Waals surface area contributed by atoms with Gasteiger partial charge < -0.3 is 10.4 Å². The molecule has 0 radical (unpaired) electrons. The summed E-state index contributed by atoms with van der Waals surface area (Å²) < 4.78 is 14.8. The Morgan fingerprint density at radius 3 is 2.86 bits per heavy atom. The number of fused-ring (bicyclic) bond motifs is 3. The SMILES string of the molecule is O=C(NCc1ccc(F)cc1)C1CN2CCC1CC2Cn1cc(CCO)nn1. The van der Waals surface area contributed by atoms with Gasteiger partial charge in [-0.25, -0.2) is 4.39 Å². The Labute approximate surface area is 163 Å². The predicted molar refractivity (Wildman–Crippen MR) is 101 cm³/mol. The highest BCUT2D eigenvalue weighted by molar-refractivity contribution is 5.79. The molecule has 3 aliphatic rings. The third-order valence-corrected chi connectivity index (χ3v) is 5.95. The van der Waals surface area contributed by atoms with Gasteiger partial charge in [0.1, 0.15) is 5.82 Å². The molecular formula is C20H26FN5O2. The van der Waals surface area contributed by atoms with Crippen LogP contribution in [0.5, 0.6) is 0 Å². The molecule has 2 N–H and O–H groups in total. The van der Waals surface area contributed by atoms with Crippen molar-refractivity contribution in [2.24, 2.45) is 11.8 Å². The summed E-state index contributed by atoms with van der Waals surface area (Å²) >= 11 is 0. The summed E-state index contributed by atoms with van der Waals surface area (Å²) in [5.74, 6) is 0.202. The minimum absolute atomic E-state index is 0.00569. The Morgan fingerprint density at radius 2 is 2.14 bits per heavy atom. The van der Waals surface area contributed by atoms with E-state index in [0.29, 0.717) is 24.9 Å². The Kier molecular flexibility index (Phi) is 5.68. The Hall–Kier alpha value is -2.32. The number of hydrogen-bond donors (Lipinski definition) is 2. The van der Waals surface area contributed by atoms with Crippen LogP contribution in [0.1, 0.15) is 24.1 Å². The van der Waals surface area contributed by atoms with Crippen LogP contribution in [0.4, 0.5) is 4.39 Å². The molecule has 1 amide bonds. The summed E-state index contributed by atoms with van der Waals surface area (Å²) in [6.07, 6.45) is 4.43. The quantitative estimate of drug-likeness (QED) is 0.740. The first-order valence-electron chi connectivity index (χ1n) is 9.88. The number of amides is 1. The molecule has 1 aromatic carbocycles. The van der Waals surface area contributed by atoms with Crippen LogP contribution < -0.4 is 5.32 Å². The number of aliphatic hydroxyl groups excluding tert-OH is 1. The van der Waals surface area contributed by atoms with Crippen LogP contribution >= 0.6 is 0 Å². The number of benzene rings is 1. The summed E-state index contributed by atoms with van der Waals surface area (Å²) in [4.78, 5) is 15.1. The van der Waals surface area contributed by atoms with Crippen LogP contribution in [0.25, 0.3) is 0 Å². The smallest absolute Gasteiger partial charge is 0.224 e. The third-order valence-electron chi connectivity index (χ3n) is 5.95. The average molecular weight is 387 g/mol. The maximum absolute atomic E-state index is 13.0. The van der Waals surface area contributed by atoms with E-state index in [2.05, 4.69) is 20.5 Å². The van der Waals surface area contributed by atoms with E-state index in [9.17, 15) is 9.18 Å². The molecule has 7 nitrogen and oxygen atoms in total. The van der Waals surface area contributed by atoms with Crippen LogP contribution in [0.15, 0.2) is 30.5 Å².